The maximum absolute atomic E-state index is 13.6. The fraction of sp³-hybridized carbons (Fsp3) is 0.294. The normalized spacial score (nSPS) is 13.7. The van der Waals surface area contributed by atoms with E-state index >= 15 is 0 Å². The fourth-order valence-corrected chi connectivity index (χ4v) is 2.17. The highest BCUT2D eigenvalue weighted by atomic mass is 19.1. The van der Waals surface area contributed by atoms with Gasteiger partial charge in [-0.05, 0) is 30.7 Å². The van der Waals surface area contributed by atoms with Gasteiger partial charge < -0.3 is 15.2 Å². The number of methoxy groups -OCH3 is 1. The van der Waals surface area contributed by atoms with E-state index in [4.69, 9.17) is 4.74 Å². The number of benzene rings is 2. The Labute approximate surface area is 124 Å². The van der Waals surface area contributed by atoms with Crippen molar-refractivity contribution < 1.29 is 14.2 Å². The summed E-state index contributed by atoms with van der Waals surface area (Å²) in [6.07, 6.45) is -0.876. The first kappa shape index (κ1) is 15.5. The van der Waals surface area contributed by atoms with Gasteiger partial charge in [-0.3, -0.25) is 0 Å². The lowest BCUT2D eigenvalue weighted by molar-refractivity contribution is 0.166. The summed E-state index contributed by atoms with van der Waals surface area (Å²) in [6.45, 7) is 2.27. The van der Waals surface area contributed by atoms with Gasteiger partial charge in [-0.2, -0.15) is 0 Å². The number of nitrogens with one attached hydrogen (secondary N) is 1. The van der Waals surface area contributed by atoms with Crippen LogP contribution in [0.15, 0.2) is 48.5 Å². The summed E-state index contributed by atoms with van der Waals surface area (Å²) in [5.41, 5.74) is 1.36. The molecule has 0 aliphatic rings. The van der Waals surface area contributed by atoms with Gasteiger partial charge in [0.05, 0.1) is 13.2 Å². The molecule has 112 valence electrons. The molecule has 0 radical (unpaired) electrons. The minimum Gasteiger partial charge on any atom is -0.497 e. The van der Waals surface area contributed by atoms with Gasteiger partial charge in [0.25, 0.3) is 0 Å². The molecule has 0 spiro atoms. The number of halogens is 1. The number of ether oxygens (including phenoxy) is 1. The van der Waals surface area contributed by atoms with Crippen molar-refractivity contribution in [1.29, 1.82) is 0 Å². The summed E-state index contributed by atoms with van der Waals surface area (Å²) in [5, 5.41) is 13.3. The van der Waals surface area contributed by atoms with Crippen LogP contribution in [0.5, 0.6) is 5.75 Å². The third kappa shape index (κ3) is 4.03. The molecule has 0 aromatic heterocycles. The Bertz CT molecular complexity index is 589. The van der Waals surface area contributed by atoms with Gasteiger partial charge in [0.1, 0.15) is 11.6 Å². The van der Waals surface area contributed by atoms with Crippen LogP contribution >= 0.6 is 0 Å². The van der Waals surface area contributed by atoms with Crippen molar-refractivity contribution >= 4 is 0 Å². The van der Waals surface area contributed by atoms with Crippen LogP contribution in [0.1, 0.15) is 30.2 Å². The molecule has 3 nitrogen and oxygen atoms in total. The smallest absolute Gasteiger partial charge is 0.129 e. The molecule has 0 aliphatic carbocycles. The second kappa shape index (κ2) is 7.20. The second-order valence-corrected chi connectivity index (χ2v) is 4.94. The molecule has 2 rings (SSSR count). The molecule has 0 heterocycles. The Morgan fingerprint density at radius 2 is 1.95 bits per heavy atom. The highest BCUT2D eigenvalue weighted by Gasteiger charge is 2.14. The van der Waals surface area contributed by atoms with Crippen LogP contribution in [0.2, 0.25) is 0 Å². The molecule has 1 unspecified atom stereocenters. The SMILES string of the molecule is COc1cccc([C@@H](C)NCC(O)c2ccccc2F)c1. The summed E-state index contributed by atoms with van der Waals surface area (Å²) in [4.78, 5) is 0. The molecule has 0 bridgehead atoms. The summed E-state index contributed by atoms with van der Waals surface area (Å²) in [7, 11) is 1.62. The Morgan fingerprint density at radius 1 is 1.19 bits per heavy atom. The van der Waals surface area contributed by atoms with E-state index in [2.05, 4.69) is 5.32 Å². The number of hydrogen-bond acceptors (Lipinski definition) is 3. The van der Waals surface area contributed by atoms with Crippen molar-refractivity contribution in [2.75, 3.05) is 13.7 Å². The van der Waals surface area contributed by atoms with Gasteiger partial charge in [-0.1, -0.05) is 30.3 Å². The first-order chi connectivity index (χ1) is 10.1. The molecule has 21 heavy (non-hydrogen) atoms. The number of aliphatic hydroxyl groups excluding tert-OH is 1. The molecule has 2 aromatic rings. The van der Waals surface area contributed by atoms with Crippen LogP contribution in [0, 0.1) is 5.82 Å². The predicted octanol–water partition coefficient (Wildman–Crippen LogP) is 3.22. The number of rotatable bonds is 6. The highest BCUT2D eigenvalue weighted by Crippen LogP contribution is 2.20. The third-order valence-corrected chi connectivity index (χ3v) is 3.48. The summed E-state index contributed by atoms with van der Waals surface area (Å²) in [6, 6.07) is 14.0. The van der Waals surface area contributed by atoms with E-state index in [9.17, 15) is 9.50 Å². The molecule has 2 aromatic carbocycles. The van der Waals surface area contributed by atoms with Crippen molar-refractivity contribution in [3.63, 3.8) is 0 Å². The standard InChI is InChI=1S/C17H20FNO2/c1-12(13-6-5-7-14(10-13)21-2)19-11-17(20)15-8-3-4-9-16(15)18/h3-10,12,17,19-20H,11H2,1-2H3/t12-,17?/m1/s1. The zero-order chi connectivity index (χ0) is 15.2. The van der Waals surface area contributed by atoms with Crippen LogP contribution < -0.4 is 10.1 Å². The molecular weight excluding hydrogens is 269 g/mol. The second-order valence-electron chi connectivity index (χ2n) is 4.94. The maximum Gasteiger partial charge on any atom is 0.129 e. The number of hydrogen-bond donors (Lipinski definition) is 2. The van der Waals surface area contributed by atoms with Crippen LogP contribution in [-0.4, -0.2) is 18.8 Å². The molecule has 0 saturated heterocycles. The Hall–Kier alpha value is -1.91. The Balaban J connectivity index is 1.97. The molecule has 0 saturated carbocycles. The van der Waals surface area contributed by atoms with E-state index in [1.807, 2.05) is 31.2 Å². The van der Waals surface area contributed by atoms with Crippen LogP contribution in [0.4, 0.5) is 4.39 Å². The lowest BCUT2D eigenvalue weighted by Crippen LogP contribution is -2.25. The van der Waals surface area contributed by atoms with Crippen molar-refractivity contribution in [2.24, 2.45) is 0 Å². The van der Waals surface area contributed by atoms with Crippen molar-refractivity contribution in [3.8, 4) is 5.75 Å². The quantitative estimate of drug-likeness (QED) is 0.858. The zero-order valence-corrected chi connectivity index (χ0v) is 12.2. The van der Waals surface area contributed by atoms with Gasteiger partial charge in [0, 0.05) is 18.2 Å². The monoisotopic (exact) mass is 289 g/mol. The topological polar surface area (TPSA) is 41.5 Å². The Kier molecular flexibility index (Phi) is 5.31. The molecule has 0 aliphatic heterocycles. The van der Waals surface area contributed by atoms with E-state index < -0.39 is 6.10 Å². The van der Waals surface area contributed by atoms with Gasteiger partial charge >= 0.3 is 0 Å². The van der Waals surface area contributed by atoms with Gasteiger partial charge in [-0.15, -0.1) is 0 Å². The maximum atomic E-state index is 13.6. The zero-order valence-electron chi connectivity index (χ0n) is 12.2. The fourth-order valence-electron chi connectivity index (χ4n) is 2.17. The largest absolute Gasteiger partial charge is 0.497 e. The van der Waals surface area contributed by atoms with Crippen LogP contribution in [0.25, 0.3) is 0 Å². The van der Waals surface area contributed by atoms with Crippen molar-refractivity contribution in [2.45, 2.75) is 19.1 Å². The van der Waals surface area contributed by atoms with E-state index in [0.29, 0.717) is 5.56 Å². The predicted molar refractivity (Wildman–Crippen MR) is 80.8 cm³/mol. The van der Waals surface area contributed by atoms with Gasteiger partial charge in [-0.25, -0.2) is 4.39 Å². The summed E-state index contributed by atoms with van der Waals surface area (Å²) < 4.78 is 18.8. The lowest BCUT2D eigenvalue weighted by Gasteiger charge is -2.18. The molecule has 0 amide bonds. The van der Waals surface area contributed by atoms with Crippen LogP contribution in [-0.2, 0) is 0 Å². The van der Waals surface area contributed by atoms with Crippen molar-refractivity contribution in [1.82, 2.24) is 5.32 Å². The first-order valence-corrected chi connectivity index (χ1v) is 6.91. The van der Waals surface area contributed by atoms with Crippen molar-refractivity contribution in [3.05, 3.63) is 65.5 Å². The van der Waals surface area contributed by atoms with E-state index in [-0.39, 0.29) is 18.4 Å². The minimum absolute atomic E-state index is 0.0292. The average Bonchev–Trinajstić information content (AvgIpc) is 2.52. The van der Waals surface area contributed by atoms with E-state index in [1.54, 1.807) is 25.3 Å². The van der Waals surface area contributed by atoms with Gasteiger partial charge in [0.15, 0.2) is 0 Å². The Morgan fingerprint density at radius 3 is 2.67 bits per heavy atom. The van der Waals surface area contributed by atoms with Gasteiger partial charge in [0.2, 0.25) is 0 Å². The summed E-state index contributed by atoms with van der Waals surface area (Å²) >= 11 is 0. The molecular formula is C17H20FNO2. The van der Waals surface area contributed by atoms with Crippen LogP contribution in [0.3, 0.4) is 0 Å². The molecule has 2 N–H and O–H groups in total. The first-order valence-electron chi connectivity index (χ1n) is 6.91. The average molecular weight is 289 g/mol. The molecule has 4 heteroatoms. The highest BCUT2D eigenvalue weighted by molar-refractivity contribution is 5.30. The minimum atomic E-state index is -0.876. The molecule has 0 fully saturated rings. The summed E-state index contributed by atoms with van der Waals surface area (Å²) in [5.74, 6) is 0.400. The lowest BCUT2D eigenvalue weighted by atomic mass is 10.1. The molecule has 2 atom stereocenters. The van der Waals surface area contributed by atoms with E-state index in [0.717, 1.165) is 11.3 Å². The number of aliphatic hydroxyl groups is 1. The third-order valence-electron chi connectivity index (χ3n) is 3.48. The van der Waals surface area contributed by atoms with E-state index in [1.165, 1.54) is 6.07 Å².